The number of thioether (sulfide) groups is 1. The van der Waals surface area contributed by atoms with Gasteiger partial charge in [-0.1, -0.05) is 6.42 Å². The maximum atomic E-state index is 6.04. The number of nitrogens with zero attached hydrogens (tertiary/aromatic N) is 3. The number of nitrogen functional groups attached to an aromatic ring is 1. The number of hydrogen-bond acceptors (Lipinski definition) is 4. The normalized spacial score (nSPS) is 23.3. The van der Waals surface area contributed by atoms with Crippen molar-refractivity contribution < 1.29 is 0 Å². The minimum Gasteiger partial charge on any atom is -0.383 e. The van der Waals surface area contributed by atoms with Gasteiger partial charge in [0.05, 0.1) is 5.39 Å². The van der Waals surface area contributed by atoms with Crippen molar-refractivity contribution in [1.82, 2.24) is 14.5 Å². The monoisotopic (exact) mass is 276 g/mol. The van der Waals surface area contributed by atoms with Crippen LogP contribution in [0.3, 0.4) is 0 Å². The van der Waals surface area contributed by atoms with Crippen LogP contribution in [0, 0.1) is 13.8 Å². The van der Waals surface area contributed by atoms with Gasteiger partial charge in [0.15, 0.2) is 0 Å². The van der Waals surface area contributed by atoms with E-state index < -0.39 is 0 Å². The summed E-state index contributed by atoms with van der Waals surface area (Å²) in [7, 11) is 0. The second-order valence-corrected chi connectivity index (χ2v) is 6.39. The molecule has 0 bridgehead atoms. The minimum absolute atomic E-state index is 0.542. The number of aromatic nitrogens is 3. The molecule has 102 valence electrons. The molecule has 5 heteroatoms. The van der Waals surface area contributed by atoms with Crippen molar-refractivity contribution in [1.29, 1.82) is 0 Å². The third-order valence-electron chi connectivity index (χ3n) is 4.42. The summed E-state index contributed by atoms with van der Waals surface area (Å²) in [6, 6.07) is 0.542. The maximum Gasteiger partial charge on any atom is 0.146 e. The van der Waals surface area contributed by atoms with Gasteiger partial charge in [0.2, 0.25) is 0 Å². The van der Waals surface area contributed by atoms with Crippen molar-refractivity contribution in [2.45, 2.75) is 44.4 Å². The molecule has 2 N–H and O–H groups in total. The van der Waals surface area contributed by atoms with Gasteiger partial charge in [-0.2, -0.15) is 11.8 Å². The highest BCUT2D eigenvalue weighted by molar-refractivity contribution is 7.99. The molecule has 2 unspecified atom stereocenters. The van der Waals surface area contributed by atoms with E-state index in [1.165, 1.54) is 30.5 Å². The molecule has 2 atom stereocenters. The largest absolute Gasteiger partial charge is 0.383 e. The van der Waals surface area contributed by atoms with Crippen LogP contribution in [0.4, 0.5) is 5.82 Å². The molecule has 2 heterocycles. The fourth-order valence-corrected chi connectivity index (χ4v) is 4.31. The van der Waals surface area contributed by atoms with Crippen LogP contribution in [0.25, 0.3) is 11.0 Å². The molecule has 1 fully saturated rings. The maximum absolute atomic E-state index is 6.04. The van der Waals surface area contributed by atoms with Gasteiger partial charge >= 0.3 is 0 Å². The quantitative estimate of drug-likeness (QED) is 0.915. The Morgan fingerprint density at radius 1 is 1.32 bits per heavy atom. The van der Waals surface area contributed by atoms with Gasteiger partial charge in [-0.3, -0.25) is 0 Å². The summed E-state index contributed by atoms with van der Waals surface area (Å²) in [5.74, 6) is 0.600. The van der Waals surface area contributed by atoms with Crippen molar-refractivity contribution in [3.63, 3.8) is 0 Å². The summed E-state index contributed by atoms with van der Waals surface area (Å²) in [5.41, 5.74) is 9.55. The lowest BCUT2D eigenvalue weighted by Gasteiger charge is -2.22. The summed E-state index contributed by atoms with van der Waals surface area (Å²) < 4.78 is 2.40. The highest BCUT2D eigenvalue weighted by atomic mass is 32.2. The van der Waals surface area contributed by atoms with Crippen LogP contribution in [0.2, 0.25) is 0 Å². The lowest BCUT2D eigenvalue weighted by atomic mass is 10.2. The SMILES string of the molecule is CSC1CCCC1n1c(C)c(C)c2c(N)ncnc21. The molecule has 19 heavy (non-hydrogen) atoms. The minimum atomic E-state index is 0.542. The van der Waals surface area contributed by atoms with Gasteiger partial charge in [0.1, 0.15) is 17.8 Å². The average Bonchev–Trinajstić information content (AvgIpc) is 2.95. The van der Waals surface area contributed by atoms with Gasteiger partial charge in [0, 0.05) is 17.0 Å². The Bertz CT molecular complexity index is 619. The number of nitrogens with two attached hydrogens (primary N) is 1. The highest BCUT2D eigenvalue weighted by Gasteiger charge is 2.31. The fourth-order valence-electron chi connectivity index (χ4n) is 3.33. The number of anilines is 1. The predicted octanol–water partition coefficient (Wildman–Crippen LogP) is 3.09. The van der Waals surface area contributed by atoms with Gasteiger partial charge in [0.25, 0.3) is 0 Å². The third kappa shape index (κ3) is 1.83. The van der Waals surface area contributed by atoms with Crippen LogP contribution in [-0.4, -0.2) is 26.0 Å². The molecular formula is C14H20N4S. The molecule has 0 amide bonds. The molecule has 0 radical (unpaired) electrons. The summed E-state index contributed by atoms with van der Waals surface area (Å²) in [6.45, 7) is 4.29. The van der Waals surface area contributed by atoms with E-state index in [0.29, 0.717) is 17.1 Å². The van der Waals surface area contributed by atoms with E-state index in [1.807, 2.05) is 11.8 Å². The van der Waals surface area contributed by atoms with Crippen LogP contribution in [0.5, 0.6) is 0 Å². The molecule has 0 aromatic carbocycles. The molecule has 1 aliphatic rings. The molecular weight excluding hydrogens is 256 g/mol. The first-order valence-electron chi connectivity index (χ1n) is 6.75. The Labute approximate surface area is 117 Å². The lowest BCUT2D eigenvalue weighted by molar-refractivity contribution is 0.530. The van der Waals surface area contributed by atoms with E-state index in [-0.39, 0.29) is 0 Å². The Balaban J connectivity index is 2.24. The molecule has 4 nitrogen and oxygen atoms in total. The molecule has 2 aromatic rings. The van der Waals surface area contributed by atoms with E-state index in [2.05, 4.69) is 34.6 Å². The summed E-state index contributed by atoms with van der Waals surface area (Å²) in [4.78, 5) is 8.64. The van der Waals surface area contributed by atoms with E-state index in [1.54, 1.807) is 6.33 Å². The zero-order chi connectivity index (χ0) is 13.6. The second-order valence-electron chi connectivity index (χ2n) is 5.31. The van der Waals surface area contributed by atoms with Crippen LogP contribution in [-0.2, 0) is 0 Å². The summed E-state index contributed by atoms with van der Waals surface area (Å²) >= 11 is 1.97. The summed E-state index contributed by atoms with van der Waals surface area (Å²) in [5, 5.41) is 1.72. The molecule has 0 aliphatic heterocycles. The van der Waals surface area contributed by atoms with Crippen molar-refractivity contribution in [3.05, 3.63) is 17.6 Å². The van der Waals surface area contributed by atoms with Crippen molar-refractivity contribution in [2.24, 2.45) is 0 Å². The van der Waals surface area contributed by atoms with Crippen LogP contribution in [0.1, 0.15) is 36.6 Å². The molecule has 2 aromatic heterocycles. The number of fused-ring (bicyclic) bond motifs is 1. The van der Waals surface area contributed by atoms with Gasteiger partial charge in [-0.15, -0.1) is 0 Å². The smallest absolute Gasteiger partial charge is 0.146 e. The first-order chi connectivity index (χ1) is 9.15. The molecule has 1 aliphatic carbocycles. The lowest BCUT2D eigenvalue weighted by Crippen LogP contribution is -2.17. The molecule has 0 spiro atoms. The summed E-state index contributed by atoms with van der Waals surface area (Å²) in [6.07, 6.45) is 7.62. The van der Waals surface area contributed by atoms with Crippen LogP contribution >= 0.6 is 11.8 Å². The molecule has 3 rings (SSSR count). The van der Waals surface area contributed by atoms with E-state index >= 15 is 0 Å². The number of aryl methyl sites for hydroxylation is 1. The van der Waals surface area contributed by atoms with Gasteiger partial charge in [-0.05, 0) is 38.5 Å². The highest BCUT2D eigenvalue weighted by Crippen LogP contribution is 2.41. The standard InChI is InChI=1S/C14H20N4S/c1-8-9(2)18(10-5-4-6-11(10)19-3)14-12(8)13(15)16-7-17-14/h7,10-11H,4-6H2,1-3H3,(H2,15,16,17). The van der Waals surface area contributed by atoms with E-state index in [0.717, 1.165) is 11.0 Å². The predicted molar refractivity (Wildman–Crippen MR) is 81.6 cm³/mol. The van der Waals surface area contributed by atoms with Gasteiger partial charge in [-0.25, -0.2) is 9.97 Å². The van der Waals surface area contributed by atoms with E-state index in [9.17, 15) is 0 Å². The zero-order valence-corrected chi connectivity index (χ0v) is 12.5. The third-order valence-corrected chi connectivity index (χ3v) is 5.57. The van der Waals surface area contributed by atoms with Crippen molar-refractivity contribution in [3.8, 4) is 0 Å². The molecule has 1 saturated carbocycles. The second kappa shape index (κ2) is 4.71. The van der Waals surface area contributed by atoms with Crippen LogP contribution in [0.15, 0.2) is 6.33 Å². The molecule has 0 saturated heterocycles. The zero-order valence-electron chi connectivity index (χ0n) is 11.7. The van der Waals surface area contributed by atoms with Crippen molar-refractivity contribution in [2.75, 3.05) is 12.0 Å². The van der Waals surface area contributed by atoms with Gasteiger partial charge < -0.3 is 10.3 Å². The van der Waals surface area contributed by atoms with Crippen LogP contribution < -0.4 is 5.73 Å². The topological polar surface area (TPSA) is 56.7 Å². The van der Waals surface area contributed by atoms with E-state index in [4.69, 9.17) is 5.73 Å². The Hall–Kier alpha value is -1.23. The number of hydrogen-bond donors (Lipinski definition) is 1. The fraction of sp³-hybridized carbons (Fsp3) is 0.571. The van der Waals surface area contributed by atoms with Crippen molar-refractivity contribution >= 4 is 28.6 Å². The average molecular weight is 276 g/mol. The Morgan fingerprint density at radius 3 is 2.84 bits per heavy atom. The number of rotatable bonds is 2. The Morgan fingerprint density at radius 2 is 2.11 bits per heavy atom. The first-order valence-corrected chi connectivity index (χ1v) is 8.04. The first kappa shape index (κ1) is 12.8. The Kier molecular flexibility index (Phi) is 3.17.